The lowest BCUT2D eigenvalue weighted by Gasteiger charge is -2.61. The number of piperidine rings is 1. The maximum Gasteiger partial charge on any atom is 0.224 e. The van der Waals surface area contributed by atoms with Crippen molar-refractivity contribution in [1.29, 1.82) is 5.26 Å². The fourth-order valence-electron chi connectivity index (χ4n) is 8.09. The predicted octanol–water partition coefficient (Wildman–Crippen LogP) is 4.82. The molecule has 5 atom stereocenters. The molecule has 1 aromatic carbocycles. The van der Waals surface area contributed by atoms with Crippen molar-refractivity contribution in [3.8, 4) is 6.07 Å². The lowest BCUT2D eigenvalue weighted by atomic mass is 9.48. The van der Waals surface area contributed by atoms with Crippen LogP contribution in [0.3, 0.4) is 0 Å². The number of hydrogen-bond acceptors (Lipinski definition) is 7. The molecule has 9 heteroatoms. The lowest BCUT2D eigenvalue weighted by molar-refractivity contribution is -0.130. The van der Waals surface area contributed by atoms with E-state index in [0.29, 0.717) is 52.8 Å². The molecular weight excluding hydrogens is 510 g/mol. The van der Waals surface area contributed by atoms with Gasteiger partial charge in [-0.1, -0.05) is 29.8 Å². The standard InChI is InChI=1S/C30H38ClN7O/c1-19(39)38-8-6-25(7-9-38)36-27-22-10-20-11-23(27)14-30(12-20,13-22)18-35-28-24(15-32)17-34-29(37-28)33-16-21-4-2-3-5-26(21)31/h2-5,17,20,22-23,25,27,36H,6-14,16,18H2,1H3,(H2,33,34,35,37)/t20?,22-,23+,27-,30-. The number of halogens is 1. The molecular formula is C30H38ClN7O. The molecule has 5 aliphatic rings. The molecule has 0 radical (unpaired) electrons. The summed E-state index contributed by atoms with van der Waals surface area (Å²) in [6.45, 7) is 4.79. The van der Waals surface area contributed by atoms with Gasteiger partial charge in [0.05, 0.1) is 6.20 Å². The Morgan fingerprint density at radius 2 is 1.90 bits per heavy atom. The number of carbonyl (C=O) groups is 1. The van der Waals surface area contributed by atoms with Gasteiger partial charge in [-0.2, -0.15) is 10.2 Å². The molecule has 1 aliphatic heterocycles. The Hall–Kier alpha value is -2.89. The summed E-state index contributed by atoms with van der Waals surface area (Å²) in [5, 5.41) is 21.3. The maximum atomic E-state index is 11.7. The van der Waals surface area contributed by atoms with Crippen LogP contribution in [0.4, 0.5) is 11.8 Å². The third-order valence-electron chi connectivity index (χ3n) is 9.70. The number of carbonyl (C=O) groups excluding carboxylic acids is 1. The zero-order chi connectivity index (χ0) is 27.0. The Morgan fingerprint density at radius 3 is 2.59 bits per heavy atom. The highest BCUT2D eigenvalue weighted by atomic mass is 35.5. The first-order valence-corrected chi connectivity index (χ1v) is 14.8. The average molecular weight is 548 g/mol. The molecule has 8 nitrogen and oxygen atoms in total. The van der Waals surface area contributed by atoms with Gasteiger partial charge in [-0.15, -0.1) is 0 Å². The van der Waals surface area contributed by atoms with E-state index in [1.165, 1.54) is 32.1 Å². The van der Waals surface area contributed by atoms with E-state index in [9.17, 15) is 10.1 Å². The summed E-state index contributed by atoms with van der Waals surface area (Å²) >= 11 is 6.30. The molecule has 3 N–H and O–H groups in total. The summed E-state index contributed by atoms with van der Waals surface area (Å²) in [6, 6.07) is 11.1. The van der Waals surface area contributed by atoms with Gasteiger partial charge in [0.2, 0.25) is 11.9 Å². The minimum absolute atomic E-state index is 0.198. The van der Waals surface area contributed by atoms with Crippen LogP contribution in [0.1, 0.15) is 63.0 Å². The van der Waals surface area contributed by atoms with Crippen molar-refractivity contribution in [3.05, 3.63) is 46.6 Å². The van der Waals surface area contributed by atoms with Gasteiger partial charge in [0, 0.05) is 50.2 Å². The smallest absolute Gasteiger partial charge is 0.224 e. The largest absolute Gasteiger partial charge is 0.368 e. The summed E-state index contributed by atoms with van der Waals surface area (Å²) in [5.41, 5.74) is 1.71. The van der Waals surface area contributed by atoms with Crippen molar-refractivity contribution in [1.82, 2.24) is 20.2 Å². The molecule has 4 saturated carbocycles. The molecule has 7 rings (SSSR count). The third kappa shape index (κ3) is 5.57. The van der Waals surface area contributed by atoms with Crippen LogP contribution < -0.4 is 16.0 Å². The number of aromatic nitrogens is 2. The van der Waals surface area contributed by atoms with Gasteiger partial charge < -0.3 is 20.9 Å². The first kappa shape index (κ1) is 26.3. The topological polar surface area (TPSA) is 106 Å². The molecule has 4 aliphatic carbocycles. The molecule has 1 saturated heterocycles. The summed E-state index contributed by atoms with van der Waals surface area (Å²) in [7, 11) is 0. The van der Waals surface area contributed by atoms with E-state index < -0.39 is 0 Å². The number of likely N-dealkylation sites (tertiary alicyclic amines) is 1. The highest BCUT2D eigenvalue weighted by molar-refractivity contribution is 6.31. The first-order valence-electron chi connectivity index (χ1n) is 14.4. The molecule has 2 heterocycles. The molecule has 1 aromatic heterocycles. The molecule has 206 valence electrons. The van der Waals surface area contributed by atoms with E-state index in [0.717, 1.165) is 44.0 Å². The summed E-state index contributed by atoms with van der Waals surface area (Å²) in [4.78, 5) is 22.7. The van der Waals surface area contributed by atoms with Crippen LogP contribution in [0.2, 0.25) is 5.02 Å². The van der Waals surface area contributed by atoms with Crippen molar-refractivity contribution < 1.29 is 4.79 Å². The Bertz CT molecular complexity index is 1240. The van der Waals surface area contributed by atoms with Crippen molar-refractivity contribution in [2.45, 2.75) is 70.5 Å². The number of benzene rings is 1. The summed E-state index contributed by atoms with van der Waals surface area (Å²) < 4.78 is 0. The summed E-state index contributed by atoms with van der Waals surface area (Å²) in [6.07, 6.45) is 10.1. The van der Waals surface area contributed by atoms with E-state index in [2.05, 4.69) is 32.0 Å². The van der Waals surface area contributed by atoms with Crippen LogP contribution in [-0.4, -0.2) is 52.5 Å². The zero-order valence-corrected chi connectivity index (χ0v) is 23.4. The molecule has 5 fully saturated rings. The van der Waals surface area contributed by atoms with Crippen molar-refractivity contribution in [3.63, 3.8) is 0 Å². The van der Waals surface area contributed by atoms with Crippen molar-refractivity contribution in [2.75, 3.05) is 30.3 Å². The fraction of sp³-hybridized carbons (Fsp3) is 0.600. The second kappa shape index (κ2) is 10.9. The molecule has 2 aromatic rings. The first-order chi connectivity index (χ1) is 18.9. The van der Waals surface area contributed by atoms with Gasteiger partial charge in [0.25, 0.3) is 0 Å². The van der Waals surface area contributed by atoms with Gasteiger partial charge in [-0.3, -0.25) is 4.79 Å². The SMILES string of the molecule is CC(=O)N1CCC(N[C@@H]2[C@@H]3CC4C[C@H]2C[C@@](CNc2nc(NCc5ccccc5Cl)ncc2C#N)(C4)C3)CC1. The third-order valence-corrected chi connectivity index (χ3v) is 10.1. The van der Waals surface area contributed by atoms with Crippen molar-refractivity contribution >= 4 is 29.3 Å². The number of hydrogen-bond donors (Lipinski definition) is 3. The van der Waals surface area contributed by atoms with E-state index in [4.69, 9.17) is 11.6 Å². The Kier molecular flexibility index (Phi) is 7.39. The van der Waals surface area contributed by atoms with Gasteiger partial charge in [0.1, 0.15) is 17.5 Å². The van der Waals surface area contributed by atoms with Gasteiger partial charge in [-0.25, -0.2) is 4.98 Å². The quantitative estimate of drug-likeness (QED) is 0.435. The monoisotopic (exact) mass is 547 g/mol. The van der Waals surface area contributed by atoms with Crippen molar-refractivity contribution in [2.24, 2.45) is 23.2 Å². The number of nitriles is 1. The second-order valence-corrected chi connectivity index (χ2v) is 12.7. The van der Waals surface area contributed by atoms with Gasteiger partial charge in [0.15, 0.2) is 0 Å². The van der Waals surface area contributed by atoms with Crippen LogP contribution >= 0.6 is 11.6 Å². The molecule has 39 heavy (non-hydrogen) atoms. The normalized spacial score (nSPS) is 29.7. The second-order valence-electron chi connectivity index (χ2n) is 12.3. The van der Waals surface area contributed by atoms with Crippen LogP contribution in [0, 0.1) is 34.5 Å². The number of rotatable bonds is 8. The number of amides is 1. The minimum atomic E-state index is 0.198. The Balaban J connectivity index is 1.09. The lowest BCUT2D eigenvalue weighted by Crippen LogP contribution is -2.62. The molecule has 0 spiro atoms. The van der Waals surface area contributed by atoms with Gasteiger partial charge in [-0.05, 0) is 79.7 Å². The van der Waals surface area contributed by atoms with Crippen LogP contribution in [0.25, 0.3) is 0 Å². The number of nitrogens with one attached hydrogen (secondary N) is 3. The highest BCUT2D eigenvalue weighted by Gasteiger charge is 2.55. The molecule has 4 bridgehead atoms. The summed E-state index contributed by atoms with van der Waals surface area (Å²) in [5.74, 6) is 3.51. The predicted molar refractivity (Wildman–Crippen MR) is 152 cm³/mol. The maximum absolute atomic E-state index is 11.7. The fourth-order valence-corrected chi connectivity index (χ4v) is 8.29. The van der Waals surface area contributed by atoms with E-state index in [-0.39, 0.29) is 11.3 Å². The van der Waals surface area contributed by atoms with Gasteiger partial charge >= 0.3 is 0 Å². The van der Waals surface area contributed by atoms with E-state index in [1.807, 2.05) is 29.2 Å². The minimum Gasteiger partial charge on any atom is -0.368 e. The number of anilines is 2. The van der Waals surface area contributed by atoms with Crippen LogP contribution in [-0.2, 0) is 11.3 Å². The van der Waals surface area contributed by atoms with Crippen LogP contribution in [0.15, 0.2) is 30.5 Å². The van der Waals surface area contributed by atoms with E-state index in [1.54, 1.807) is 13.1 Å². The van der Waals surface area contributed by atoms with E-state index >= 15 is 0 Å². The van der Waals surface area contributed by atoms with Crippen LogP contribution in [0.5, 0.6) is 0 Å². The Labute approximate surface area is 235 Å². The highest BCUT2D eigenvalue weighted by Crippen LogP contribution is 2.60. The molecule has 1 amide bonds. The average Bonchev–Trinajstić information content (AvgIpc) is 2.93. The number of nitrogens with zero attached hydrogens (tertiary/aromatic N) is 4. The zero-order valence-electron chi connectivity index (χ0n) is 22.6. The Morgan fingerprint density at radius 1 is 1.15 bits per heavy atom. The molecule has 1 unspecified atom stereocenters.